The molecular formula is C22H30N4O3S. The number of amides is 1. The Hall–Kier alpha value is -2.26. The molecule has 1 amide bonds. The van der Waals surface area contributed by atoms with Gasteiger partial charge in [-0.3, -0.25) is 14.6 Å². The first-order chi connectivity index (χ1) is 14.4. The number of rotatable bonds is 8. The summed E-state index contributed by atoms with van der Waals surface area (Å²) in [5.41, 5.74) is 2.27. The van der Waals surface area contributed by atoms with Gasteiger partial charge in [0.05, 0.1) is 11.4 Å². The molecule has 0 saturated carbocycles. The normalized spacial score (nSPS) is 16.2. The van der Waals surface area contributed by atoms with Crippen LogP contribution in [0, 0.1) is 0 Å². The Balaban J connectivity index is 1.37. The molecule has 0 aromatic heterocycles. The SMILES string of the molecule is NS(=O)(=O)c1ccc(CCNC(=O)CN2CCCN(Cc3ccccc3)CC2)cc1. The lowest BCUT2D eigenvalue weighted by Crippen LogP contribution is -2.39. The van der Waals surface area contributed by atoms with Crippen molar-refractivity contribution in [2.45, 2.75) is 24.3 Å². The maximum absolute atomic E-state index is 12.3. The Bertz CT molecular complexity index is 917. The number of primary sulfonamides is 1. The van der Waals surface area contributed by atoms with Crippen LogP contribution in [-0.2, 0) is 27.8 Å². The lowest BCUT2D eigenvalue weighted by atomic mass is 10.1. The summed E-state index contributed by atoms with van der Waals surface area (Å²) >= 11 is 0. The number of hydrogen-bond acceptors (Lipinski definition) is 5. The number of carbonyl (C=O) groups is 1. The fourth-order valence-corrected chi connectivity index (χ4v) is 4.15. The van der Waals surface area contributed by atoms with E-state index < -0.39 is 10.0 Å². The maximum atomic E-state index is 12.3. The van der Waals surface area contributed by atoms with Crippen LogP contribution in [-0.4, -0.2) is 63.4 Å². The smallest absolute Gasteiger partial charge is 0.238 e. The van der Waals surface area contributed by atoms with Crippen LogP contribution in [0.15, 0.2) is 59.5 Å². The average Bonchev–Trinajstić information content (AvgIpc) is 2.93. The van der Waals surface area contributed by atoms with Crippen molar-refractivity contribution >= 4 is 15.9 Å². The van der Waals surface area contributed by atoms with Gasteiger partial charge in [0, 0.05) is 26.2 Å². The minimum absolute atomic E-state index is 0.0210. The van der Waals surface area contributed by atoms with Crippen molar-refractivity contribution in [3.63, 3.8) is 0 Å². The predicted octanol–water partition coefficient (Wildman–Crippen LogP) is 1.20. The molecule has 0 aliphatic carbocycles. The molecule has 1 saturated heterocycles. The Morgan fingerprint density at radius 2 is 1.57 bits per heavy atom. The average molecular weight is 431 g/mol. The number of nitrogens with one attached hydrogen (secondary N) is 1. The van der Waals surface area contributed by atoms with E-state index >= 15 is 0 Å². The molecule has 7 nitrogen and oxygen atoms in total. The predicted molar refractivity (Wildman–Crippen MR) is 117 cm³/mol. The second-order valence-electron chi connectivity index (χ2n) is 7.68. The summed E-state index contributed by atoms with van der Waals surface area (Å²) in [6.07, 6.45) is 1.69. The van der Waals surface area contributed by atoms with E-state index in [0.29, 0.717) is 19.5 Å². The van der Waals surface area contributed by atoms with E-state index in [-0.39, 0.29) is 10.8 Å². The first-order valence-corrected chi connectivity index (χ1v) is 11.8. The topological polar surface area (TPSA) is 95.7 Å². The van der Waals surface area contributed by atoms with Gasteiger partial charge in [-0.2, -0.15) is 0 Å². The molecule has 3 rings (SSSR count). The van der Waals surface area contributed by atoms with Crippen molar-refractivity contribution < 1.29 is 13.2 Å². The zero-order valence-electron chi connectivity index (χ0n) is 17.2. The van der Waals surface area contributed by atoms with Crippen LogP contribution in [0.4, 0.5) is 0 Å². The number of benzene rings is 2. The third kappa shape index (κ3) is 7.21. The largest absolute Gasteiger partial charge is 0.355 e. The summed E-state index contributed by atoms with van der Waals surface area (Å²) in [4.78, 5) is 17.1. The van der Waals surface area contributed by atoms with Crippen LogP contribution in [0.1, 0.15) is 17.5 Å². The van der Waals surface area contributed by atoms with E-state index in [9.17, 15) is 13.2 Å². The van der Waals surface area contributed by atoms with Gasteiger partial charge in [-0.1, -0.05) is 42.5 Å². The summed E-state index contributed by atoms with van der Waals surface area (Å²) in [6.45, 7) is 5.68. The zero-order valence-corrected chi connectivity index (χ0v) is 18.0. The number of nitrogens with zero attached hydrogens (tertiary/aromatic N) is 2. The van der Waals surface area contributed by atoms with Crippen LogP contribution in [0.2, 0.25) is 0 Å². The highest BCUT2D eigenvalue weighted by Gasteiger charge is 2.17. The van der Waals surface area contributed by atoms with Gasteiger partial charge in [0.2, 0.25) is 15.9 Å². The number of hydrogen-bond donors (Lipinski definition) is 2. The molecule has 0 bridgehead atoms. The molecular weight excluding hydrogens is 400 g/mol. The fraction of sp³-hybridized carbons (Fsp3) is 0.409. The first kappa shape index (κ1) is 22.4. The van der Waals surface area contributed by atoms with Crippen molar-refractivity contribution in [1.82, 2.24) is 15.1 Å². The second-order valence-corrected chi connectivity index (χ2v) is 9.24. The molecule has 1 heterocycles. The Labute approximate surface area is 178 Å². The molecule has 0 radical (unpaired) electrons. The van der Waals surface area contributed by atoms with Crippen molar-refractivity contribution in [1.29, 1.82) is 0 Å². The van der Waals surface area contributed by atoms with Crippen LogP contribution in [0.5, 0.6) is 0 Å². The molecule has 1 aliphatic rings. The zero-order chi connectivity index (χ0) is 21.4. The summed E-state index contributed by atoms with van der Waals surface area (Å²) in [7, 11) is -3.67. The fourth-order valence-electron chi connectivity index (χ4n) is 3.63. The second kappa shape index (κ2) is 10.7. The van der Waals surface area contributed by atoms with E-state index in [1.165, 1.54) is 17.7 Å². The molecule has 1 fully saturated rings. The highest BCUT2D eigenvalue weighted by Crippen LogP contribution is 2.10. The molecule has 8 heteroatoms. The Morgan fingerprint density at radius 3 is 2.27 bits per heavy atom. The van der Waals surface area contributed by atoms with Crippen molar-refractivity contribution in [2.24, 2.45) is 5.14 Å². The van der Waals surface area contributed by atoms with Crippen LogP contribution >= 0.6 is 0 Å². The molecule has 3 N–H and O–H groups in total. The number of sulfonamides is 1. The van der Waals surface area contributed by atoms with E-state index in [4.69, 9.17) is 5.14 Å². The monoisotopic (exact) mass is 430 g/mol. The third-order valence-corrected chi connectivity index (χ3v) is 6.21. The van der Waals surface area contributed by atoms with Gasteiger partial charge in [0.15, 0.2) is 0 Å². The van der Waals surface area contributed by atoms with E-state index in [1.54, 1.807) is 12.1 Å². The maximum Gasteiger partial charge on any atom is 0.238 e. The van der Waals surface area contributed by atoms with Crippen LogP contribution in [0.25, 0.3) is 0 Å². The lowest BCUT2D eigenvalue weighted by Gasteiger charge is -2.21. The molecule has 1 aliphatic heterocycles. The van der Waals surface area contributed by atoms with Crippen LogP contribution < -0.4 is 10.5 Å². The van der Waals surface area contributed by atoms with Crippen LogP contribution in [0.3, 0.4) is 0 Å². The van der Waals surface area contributed by atoms with E-state index in [1.807, 2.05) is 6.07 Å². The minimum atomic E-state index is -3.67. The molecule has 0 atom stereocenters. The molecule has 30 heavy (non-hydrogen) atoms. The molecule has 2 aromatic rings. The highest BCUT2D eigenvalue weighted by atomic mass is 32.2. The van der Waals surface area contributed by atoms with Gasteiger partial charge in [-0.15, -0.1) is 0 Å². The minimum Gasteiger partial charge on any atom is -0.355 e. The molecule has 2 aromatic carbocycles. The van der Waals surface area contributed by atoms with E-state index in [2.05, 4.69) is 39.4 Å². The highest BCUT2D eigenvalue weighted by molar-refractivity contribution is 7.89. The molecule has 162 valence electrons. The Kier molecular flexibility index (Phi) is 7.98. The quantitative estimate of drug-likeness (QED) is 0.656. The molecule has 0 unspecified atom stereocenters. The van der Waals surface area contributed by atoms with Gasteiger partial charge in [0.1, 0.15) is 0 Å². The summed E-state index contributed by atoms with van der Waals surface area (Å²) < 4.78 is 22.6. The van der Waals surface area contributed by atoms with Gasteiger partial charge in [-0.25, -0.2) is 13.6 Å². The van der Waals surface area contributed by atoms with Crippen molar-refractivity contribution in [3.05, 3.63) is 65.7 Å². The molecule has 0 spiro atoms. The van der Waals surface area contributed by atoms with Gasteiger partial charge in [-0.05, 0) is 49.2 Å². The van der Waals surface area contributed by atoms with Gasteiger partial charge >= 0.3 is 0 Å². The Morgan fingerprint density at radius 1 is 0.900 bits per heavy atom. The van der Waals surface area contributed by atoms with Gasteiger partial charge in [0.25, 0.3) is 0 Å². The summed E-state index contributed by atoms with van der Waals surface area (Å²) in [5.74, 6) is 0.0210. The number of carbonyl (C=O) groups excluding carboxylic acids is 1. The van der Waals surface area contributed by atoms with Crippen molar-refractivity contribution in [3.8, 4) is 0 Å². The van der Waals surface area contributed by atoms with Crippen molar-refractivity contribution in [2.75, 3.05) is 39.3 Å². The lowest BCUT2D eigenvalue weighted by molar-refractivity contribution is -0.122. The number of nitrogens with two attached hydrogens (primary N) is 1. The first-order valence-electron chi connectivity index (χ1n) is 10.3. The summed E-state index contributed by atoms with van der Waals surface area (Å²) in [5, 5.41) is 8.06. The standard InChI is InChI=1S/C22H30N4O3S/c23-30(28,29)21-9-7-19(8-10-21)11-12-24-22(27)18-26-14-4-13-25(15-16-26)17-20-5-2-1-3-6-20/h1-3,5-10H,4,11-18H2,(H,24,27)(H2,23,28,29). The van der Waals surface area contributed by atoms with Gasteiger partial charge < -0.3 is 5.32 Å². The summed E-state index contributed by atoms with van der Waals surface area (Å²) in [6, 6.07) is 16.9. The third-order valence-electron chi connectivity index (χ3n) is 5.29. The van der Waals surface area contributed by atoms with E-state index in [0.717, 1.165) is 44.7 Å².